The second-order valence-electron chi connectivity index (χ2n) is 2.66. The molecule has 3 nitrogen and oxygen atoms in total. The van der Waals surface area contributed by atoms with Gasteiger partial charge >= 0.3 is 6.18 Å². The van der Waals surface area contributed by atoms with E-state index in [2.05, 4.69) is 20.9 Å². The maximum absolute atomic E-state index is 12.4. The number of hydrogen-bond donors (Lipinski definition) is 1. The van der Waals surface area contributed by atoms with Crippen LogP contribution in [0.1, 0.15) is 11.7 Å². The second kappa shape index (κ2) is 4.61. The highest BCUT2D eigenvalue weighted by atomic mass is 79.9. The molecule has 1 N–H and O–H groups in total. The molecule has 0 bridgehead atoms. The zero-order chi connectivity index (χ0) is 11.5. The highest BCUT2D eigenvalue weighted by Crippen LogP contribution is 2.31. The first-order valence-corrected chi connectivity index (χ1v) is 4.62. The van der Waals surface area contributed by atoms with Gasteiger partial charge in [-0.05, 0) is 28.1 Å². The molecule has 1 aromatic heterocycles. The van der Waals surface area contributed by atoms with E-state index < -0.39 is 12.2 Å². The molecule has 0 aliphatic rings. The maximum atomic E-state index is 12.4. The molecule has 0 radical (unpaired) electrons. The Morgan fingerprint density at radius 1 is 1.47 bits per heavy atom. The number of rotatable bonds is 3. The van der Waals surface area contributed by atoms with Gasteiger partial charge in [-0.15, -0.1) is 0 Å². The molecule has 0 unspecified atom stereocenters. The Labute approximate surface area is 91.8 Å². The summed E-state index contributed by atoms with van der Waals surface area (Å²) in [6.07, 6.45) is -3.32. The molecule has 1 atom stereocenters. The van der Waals surface area contributed by atoms with Crippen molar-refractivity contribution in [2.24, 2.45) is 0 Å². The molecule has 0 spiro atoms. The van der Waals surface area contributed by atoms with Gasteiger partial charge in [0.1, 0.15) is 0 Å². The third-order valence-corrected chi connectivity index (χ3v) is 2.08. The summed E-state index contributed by atoms with van der Waals surface area (Å²) in [5, 5.41) is 1.67. The summed E-state index contributed by atoms with van der Waals surface area (Å²) < 4.78 is 37.8. The Morgan fingerprint density at radius 2 is 2.13 bits per heavy atom. The average Bonchev–Trinajstić information content (AvgIpc) is 2.14. The summed E-state index contributed by atoms with van der Waals surface area (Å²) in [7, 11) is 0. The lowest BCUT2D eigenvalue weighted by Crippen LogP contribution is -2.33. The van der Waals surface area contributed by atoms with Crippen molar-refractivity contribution >= 4 is 22.3 Å². The first-order chi connectivity index (χ1) is 6.95. The zero-order valence-corrected chi connectivity index (χ0v) is 8.84. The van der Waals surface area contributed by atoms with Crippen LogP contribution in [-0.2, 0) is 4.79 Å². The van der Waals surface area contributed by atoms with Gasteiger partial charge in [0.15, 0.2) is 6.04 Å². The third-order valence-electron chi connectivity index (χ3n) is 1.61. The summed E-state index contributed by atoms with van der Waals surface area (Å²) in [5.41, 5.74) is -0.252. The molecule has 0 fully saturated rings. The molecule has 1 amide bonds. The number of carbonyl (C=O) groups is 1. The van der Waals surface area contributed by atoms with Crippen molar-refractivity contribution in [3.8, 4) is 0 Å². The first-order valence-electron chi connectivity index (χ1n) is 3.83. The minimum absolute atomic E-state index is 0.00187. The minimum Gasteiger partial charge on any atom is -0.342 e. The van der Waals surface area contributed by atoms with Crippen LogP contribution in [0.15, 0.2) is 22.8 Å². The number of nitrogens with zero attached hydrogens (tertiary/aromatic N) is 1. The minimum atomic E-state index is -4.55. The van der Waals surface area contributed by atoms with Crippen LogP contribution in [0.25, 0.3) is 0 Å². The van der Waals surface area contributed by atoms with Gasteiger partial charge < -0.3 is 5.32 Å². The van der Waals surface area contributed by atoms with Crippen molar-refractivity contribution in [3.05, 3.63) is 28.5 Å². The predicted molar refractivity (Wildman–Crippen MR) is 49.9 cm³/mol. The second-order valence-corrected chi connectivity index (χ2v) is 3.58. The quantitative estimate of drug-likeness (QED) is 0.864. The number of nitrogens with one attached hydrogen (secondary N) is 1. The maximum Gasteiger partial charge on any atom is 0.414 e. The van der Waals surface area contributed by atoms with E-state index in [-0.39, 0.29) is 12.1 Å². The van der Waals surface area contributed by atoms with Crippen molar-refractivity contribution in [1.82, 2.24) is 10.3 Å². The lowest BCUT2D eigenvalue weighted by molar-refractivity contribution is -0.161. The Morgan fingerprint density at radius 3 is 2.53 bits per heavy atom. The number of aromatic nitrogens is 1. The van der Waals surface area contributed by atoms with Crippen LogP contribution in [0.5, 0.6) is 0 Å². The molecular formula is C8H6BrF3N2O. The molecule has 1 rings (SSSR count). The number of amides is 1. The molecule has 0 saturated carbocycles. The fraction of sp³-hybridized carbons (Fsp3) is 0.250. The van der Waals surface area contributed by atoms with Gasteiger partial charge in [0.2, 0.25) is 6.41 Å². The van der Waals surface area contributed by atoms with Crippen LogP contribution in [0.3, 0.4) is 0 Å². The van der Waals surface area contributed by atoms with E-state index in [1.165, 1.54) is 18.3 Å². The largest absolute Gasteiger partial charge is 0.414 e. The van der Waals surface area contributed by atoms with Crippen LogP contribution < -0.4 is 5.32 Å². The van der Waals surface area contributed by atoms with Gasteiger partial charge in [-0.25, -0.2) is 0 Å². The Bertz CT molecular complexity index is 339. The predicted octanol–water partition coefficient (Wildman–Crippen LogP) is 2.19. The number of halogens is 4. The van der Waals surface area contributed by atoms with Crippen molar-refractivity contribution in [3.63, 3.8) is 0 Å². The van der Waals surface area contributed by atoms with Crippen LogP contribution >= 0.6 is 15.9 Å². The van der Waals surface area contributed by atoms with Crippen molar-refractivity contribution in [1.29, 1.82) is 0 Å². The monoisotopic (exact) mass is 282 g/mol. The van der Waals surface area contributed by atoms with Crippen molar-refractivity contribution < 1.29 is 18.0 Å². The summed E-state index contributed by atoms with van der Waals surface area (Å²) in [5.74, 6) is 0. The molecule has 82 valence electrons. The van der Waals surface area contributed by atoms with Gasteiger partial charge in [-0.1, -0.05) is 0 Å². The summed E-state index contributed by atoms with van der Waals surface area (Å²) in [4.78, 5) is 13.6. The third kappa shape index (κ3) is 3.19. The van der Waals surface area contributed by atoms with Gasteiger partial charge in [0, 0.05) is 10.7 Å². The zero-order valence-electron chi connectivity index (χ0n) is 7.25. The fourth-order valence-electron chi connectivity index (χ4n) is 0.974. The highest BCUT2D eigenvalue weighted by molar-refractivity contribution is 9.10. The topological polar surface area (TPSA) is 42.0 Å². The molecule has 0 aliphatic heterocycles. The smallest absolute Gasteiger partial charge is 0.342 e. The van der Waals surface area contributed by atoms with Crippen molar-refractivity contribution in [2.75, 3.05) is 0 Å². The van der Waals surface area contributed by atoms with E-state index in [0.717, 1.165) is 0 Å². The van der Waals surface area contributed by atoms with E-state index in [1.807, 2.05) is 0 Å². The fourth-order valence-corrected chi connectivity index (χ4v) is 1.21. The molecule has 7 heteroatoms. The van der Waals surface area contributed by atoms with Gasteiger partial charge in [0.05, 0.1) is 5.69 Å². The standard InChI is InChI=1S/C8H6BrF3N2O/c9-5-1-2-6(13-3-5)7(14-4-15)8(10,11)12/h1-4,7H,(H,14,15)/t7-/m0/s1. The van der Waals surface area contributed by atoms with Gasteiger partial charge in [-0.3, -0.25) is 9.78 Å². The van der Waals surface area contributed by atoms with Crippen LogP contribution in [0.2, 0.25) is 0 Å². The van der Waals surface area contributed by atoms with Crippen LogP contribution in [-0.4, -0.2) is 17.6 Å². The van der Waals surface area contributed by atoms with E-state index in [1.54, 1.807) is 5.32 Å². The molecule has 1 aromatic rings. The number of hydrogen-bond acceptors (Lipinski definition) is 2. The summed E-state index contributed by atoms with van der Waals surface area (Å²) >= 11 is 3.05. The van der Waals surface area contributed by atoms with Gasteiger partial charge in [-0.2, -0.15) is 13.2 Å². The highest BCUT2D eigenvalue weighted by Gasteiger charge is 2.41. The van der Waals surface area contributed by atoms with E-state index in [9.17, 15) is 18.0 Å². The number of pyridine rings is 1. The van der Waals surface area contributed by atoms with Gasteiger partial charge in [0.25, 0.3) is 0 Å². The molecule has 0 aromatic carbocycles. The molecular weight excluding hydrogens is 277 g/mol. The lowest BCUT2D eigenvalue weighted by atomic mass is 10.2. The molecule has 0 aliphatic carbocycles. The SMILES string of the molecule is O=CN[C@@H](c1ccc(Br)cn1)C(F)(F)F. The van der Waals surface area contributed by atoms with E-state index >= 15 is 0 Å². The normalized spacial score (nSPS) is 13.3. The Hall–Kier alpha value is -1.11. The van der Waals surface area contributed by atoms with Crippen LogP contribution in [0, 0.1) is 0 Å². The summed E-state index contributed by atoms with van der Waals surface area (Å²) in [6, 6.07) is 0.551. The van der Waals surface area contributed by atoms with E-state index in [4.69, 9.17) is 0 Å². The molecule has 1 heterocycles. The van der Waals surface area contributed by atoms with E-state index in [0.29, 0.717) is 4.47 Å². The Balaban J connectivity index is 2.99. The molecule has 15 heavy (non-hydrogen) atoms. The number of carbonyl (C=O) groups excluding carboxylic acids is 1. The van der Waals surface area contributed by atoms with Crippen molar-refractivity contribution in [2.45, 2.75) is 12.2 Å². The van der Waals surface area contributed by atoms with Crippen LogP contribution in [0.4, 0.5) is 13.2 Å². The first kappa shape index (κ1) is 12.0. The summed E-state index contributed by atoms with van der Waals surface area (Å²) in [6.45, 7) is 0. The molecule has 0 saturated heterocycles. The average molecular weight is 283 g/mol. The Kier molecular flexibility index (Phi) is 3.67. The lowest BCUT2D eigenvalue weighted by Gasteiger charge is -2.18. The number of alkyl halides is 3.